The fourth-order valence-corrected chi connectivity index (χ4v) is 3.07. The molecule has 1 aliphatic carbocycles. The van der Waals surface area contributed by atoms with Crippen LogP contribution in [0.4, 0.5) is 0 Å². The van der Waals surface area contributed by atoms with Gasteiger partial charge in [-0.05, 0) is 35.9 Å². The van der Waals surface area contributed by atoms with Gasteiger partial charge in [0.1, 0.15) is 17.3 Å². The molecule has 0 saturated carbocycles. The van der Waals surface area contributed by atoms with Crippen LogP contribution >= 0.6 is 0 Å². The smallest absolute Gasteiger partial charge is 0.195 e. The highest BCUT2D eigenvalue weighted by Crippen LogP contribution is 2.42. The number of ketones is 2. The van der Waals surface area contributed by atoms with E-state index in [2.05, 4.69) is 0 Å². The molecule has 2 aromatic carbocycles. The molecule has 0 aromatic heterocycles. The number of phenolic OH excluding ortho intramolecular Hbond substituents is 1. The Morgan fingerprint density at radius 2 is 2.00 bits per heavy atom. The molecular weight excluding hydrogens is 296 g/mol. The summed E-state index contributed by atoms with van der Waals surface area (Å²) in [4.78, 5) is 23.9. The summed E-state index contributed by atoms with van der Waals surface area (Å²) >= 11 is 0. The molecule has 0 aliphatic heterocycles. The Hall–Kier alpha value is -2.66. The first-order chi connectivity index (χ1) is 10.9. The third-order valence-electron chi connectivity index (χ3n) is 4.09. The molecule has 0 unspecified atom stereocenters. The maximum Gasteiger partial charge on any atom is 0.195 e. The van der Waals surface area contributed by atoms with Gasteiger partial charge in [-0.3, -0.25) is 9.59 Å². The molecule has 0 bridgehead atoms. The van der Waals surface area contributed by atoms with Crippen LogP contribution in [-0.4, -0.2) is 28.9 Å². The van der Waals surface area contributed by atoms with Gasteiger partial charge in [-0.1, -0.05) is 12.1 Å². The minimum absolute atomic E-state index is 0.117. The van der Waals surface area contributed by atoms with Gasteiger partial charge in [-0.25, -0.2) is 0 Å². The Labute approximate surface area is 132 Å². The Bertz CT molecular complexity index is 865. The van der Waals surface area contributed by atoms with E-state index in [1.807, 2.05) is 0 Å². The van der Waals surface area contributed by atoms with Crippen LogP contribution < -0.4 is 0 Å². The summed E-state index contributed by atoms with van der Waals surface area (Å²) in [7, 11) is 1.44. The number of Topliss-reactive ketones (excluding diaryl/α,β-unsaturated/α-hetero) is 1. The molecule has 2 aromatic rings. The molecule has 5 heteroatoms. The van der Waals surface area contributed by atoms with Crippen molar-refractivity contribution in [2.24, 2.45) is 0 Å². The van der Waals surface area contributed by atoms with Crippen LogP contribution in [0.2, 0.25) is 0 Å². The topological polar surface area (TPSA) is 83.8 Å². The van der Waals surface area contributed by atoms with Gasteiger partial charge in [0, 0.05) is 23.6 Å². The van der Waals surface area contributed by atoms with Crippen molar-refractivity contribution < 1.29 is 24.5 Å². The average Bonchev–Trinajstić information content (AvgIpc) is 2.49. The summed E-state index contributed by atoms with van der Waals surface area (Å²) in [5.74, 6) is -0.414. The number of phenols is 1. The predicted octanol–water partition coefficient (Wildman–Crippen LogP) is 2.28. The van der Waals surface area contributed by atoms with Crippen LogP contribution in [0.25, 0.3) is 16.5 Å². The summed E-state index contributed by atoms with van der Waals surface area (Å²) in [6, 6.07) is 8.11. The first-order valence-corrected chi connectivity index (χ1v) is 7.15. The quantitative estimate of drug-likeness (QED) is 0.908. The first kappa shape index (κ1) is 15.2. The number of hydrogen-bond acceptors (Lipinski definition) is 5. The van der Waals surface area contributed by atoms with E-state index in [0.717, 1.165) is 10.8 Å². The second-order valence-electron chi connectivity index (χ2n) is 5.71. The number of methoxy groups -OCH3 is 1. The molecule has 118 valence electrons. The summed E-state index contributed by atoms with van der Waals surface area (Å²) in [5, 5.41) is 22.0. The molecule has 23 heavy (non-hydrogen) atoms. The highest BCUT2D eigenvalue weighted by molar-refractivity contribution is 6.11. The number of aromatic hydroxyl groups is 1. The maximum absolute atomic E-state index is 12.4. The number of carbonyl (C=O) groups excluding carboxylic acids is 2. The Kier molecular flexibility index (Phi) is 3.45. The van der Waals surface area contributed by atoms with Crippen LogP contribution in [0.15, 0.2) is 36.4 Å². The lowest BCUT2D eigenvalue weighted by Gasteiger charge is -2.32. The van der Waals surface area contributed by atoms with Crippen molar-refractivity contribution in [2.75, 3.05) is 7.11 Å². The molecule has 0 fully saturated rings. The Balaban J connectivity index is 2.36. The van der Waals surface area contributed by atoms with Crippen LogP contribution in [-0.2, 0) is 19.9 Å². The van der Waals surface area contributed by atoms with Gasteiger partial charge in [0.15, 0.2) is 11.4 Å². The number of fused-ring (bicyclic) bond motifs is 3. The first-order valence-electron chi connectivity index (χ1n) is 7.15. The number of hydrogen-bond donors (Lipinski definition) is 2. The molecule has 5 nitrogen and oxygen atoms in total. The van der Waals surface area contributed by atoms with Crippen LogP contribution in [0, 0.1) is 0 Å². The van der Waals surface area contributed by atoms with Crippen molar-refractivity contribution >= 4 is 28.1 Å². The molecule has 0 saturated heterocycles. The minimum atomic E-state index is -1.89. The van der Waals surface area contributed by atoms with Crippen molar-refractivity contribution in [3.05, 3.63) is 47.5 Å². The van der Waals surface area contributed by atoms with Gasteiger partial charge >= 0.3 is 0 Å². The molecule has 1 aliphatic rings. The maximum atomic E-state index is 12.4. The highest BCUT2D eigenvalue weighted by Gasteiger charge is 2.43. The van der Waals surface area contributed by atoms with E-state index in [4.69, 9.17) is 4.74 Å². The Morgan fingerprint density at radius 3 is 2.65 bits per heavy atom. The number of aliphatic hydroxyl groups is 1. The van der Waals surface area contributed by atoms with Gasteiger partial charge in [-0.15, -0.1) is 0 Å². The summed E-state index contributed by atoms with van der Waals surface area (Å²) in [6.45, 7) is 1.33. The zero-order valence-electron chi connectivity index (χ0n) is 12.8. The van der Waals surface area contributed by atoms with E-state index in [9.17, 15) is 19.8 Å². The lowest BCUT2D eigenvalue weighted by molar-refractivity contribution is -0.139. The van der Waals surface area contributed by atoms with E-state index in [-0.39, 0.29) is 18.0 Å². The molecule has 0 spiro atoms. The van der Waals surface area contributed by atoms with Gasteiger partial charge in [0.05, 0.1) is 7.11 Å². The Morgan fingerprint density at radius 1 is 1.26 bits per heavy atom. The van der Waals surface area contributed by atoms with Crippen molar-refractivity contribution in [2.45, 2.75) is 18.9 Å². The minimum Gasteiger partial charge on any atom is -0.508 e. The second-order valence-corrected chi connectivity index (χ2v) is 5.71. The van der Waals surface area contributed by atoms with Gasteiger partial charge in [0.25, 0.3) is 0 Å². The molecule has 0 radical (unpaired) electrons. The molecule has 3 rings (SSSR count). The lowest BCUT2D eigenvalue weighted by atomic mass is 9.76. The zero-order valence-corrected chi connectivity index (χ0v) is 12.8. The van der Waals surface area contributed by atoms with Gasteiger partial charge in [0.2, 0.25) is 0 Å². The van der Waals surface area contributed by atoms with E-state index in [1.54, 1.807) is 24.3 Å². The van der Waals surface area contributed by atoms with E-state index in [0.29, 0.717) is 16.9 Å². The highest BCUT2D eigenvalue weighted by atomic mass is 16.5. The number of carbonyl (C=O) groups is 2. The summed E-state index contributed by atoms with van der Waals surface area (Å²) < 4.78 is 5.31. The molecular formula is C18H16O5. The fourth-order valence-electron chi connectivity index (χ4n) is 3.07. The molecule has 0 amide bonds. The predicted molar refractivity (Wildman–Crippen MR) is 84.8 cm³/mol. The fraction of sp³-hybridized carbons (Fsp3) is 0.222. The normalized spacial score (nSPS) is 20.1. The summed E-state index contributed by atoms with van der Waals surface area (Å²) in [5.41, 5.74) is -0.987. The van der Waals surface area contributed by atoms with E-state index >= 15 is 0 Å². The van der Waals surface area contributed by atoms with Crippen LogP contribution in [0.3, 0.4) is 0 Å². The lowest BCUT2D eigenvalue weighted by Crippen LogP contribution is -2.39. The van der Waals surface area contributed by atoms with Crippen molar-refractivity contribution in [3.8, 4) is 5.75 Å². The third-order valence-corrected chi connectivity index (χ3v) is 4.09. The molecule has 1 atom stereocenters. The second kappa shape index (κ2) is 5.21. The van der Waals surface area contributed by atoms with Crippen molar-refractivity contribution in [3.63, 3.8) is 0 Å². The molecule has 0 heterocycles. The van der Waals surface area contributed by atoms with Gasteiger partial charge in [-0.2, -0.15) is 0 Å². The van der Waals surface area contributed by atoms with Gasteiger partial charge < -0.3 is 14.9 Å². The van der Waals surface area contributed by atoms with E-state index in [1.165, 1.54) is 26.2 Å². The number of benzene rings is 2. The molecule has 2 N–H and O–H groups in total. The third kappa shape index (κ3) is 2.29. The van der Waals surface area contributed by atoms with Crippen molar-refractivity contribution in [1.29, 1.82) is 0 Å². The zero-order chi connectivity index (χ0) is 16.8. The van der Waals surface area contributed by atoms with E-state index < -0.39 is 11.4 Å². The summed E-state index contributed by atoms with van der Waals surface area (Å²) in [6.07, 6.45) is 0.924. The van der Waals surface area contributed by atoms with Crippen LogP contribution in [0.1, 0.15) is 24.5 Å². The largest absolute Gasteiger partial charge is 0.508 e. The monoisotopic (exact) mass is 312 g/mol. The van der Waals surface area contributed by atoms with Crippen molar-refractivity contribution in [1.82, 2.24) is 0 Å². The van der Waals surface area contributed by atoms with Crippen LogP contribution in [0.5, 0.6) is 5.75 Å². The number of rotatable bonds is 3. The SMILES string of the molecule is COC1=CC(=O)[C@](O)(CC(C)=O)c2ccc3cc(O)ccc3c21. The standard InChI is InChI=1S/C18H16O5/c1-10(19)9-18(22)14-6-3-11-7-12(20)4-5-13(11)17(14)15(23-2)8-16(18)21/h3-8,20,22H,9H2,1-2H3/t18-/m0/s1. The number of ether oxygens (including phenoxy) is 1. The average molecular weight is 312 g/mol.